The van der Waals surface area contributed by atoms with E-state index in [0.29, 0.717) is 5.92 Å². The van der Waals surface area contributed by atoms with Crippen LogP contribution in [0.5, 0.6) is 0 Å². The molecule has 1 aliphatic rings. The van der Waals surface area contributed by atoms with Crippen molar-refractivity contribution in [2.24, 2.45) is 11.8 Å². The molecular formula is C13H22O3. The molecule has 0 aromatic carbocycles. The van der Waals surface area contributed by atoms with E-state index >= 15 is 0 Å². The summed E-state index contributed by atoms with van der Waals surface area (Å²) in [6, 6.07) is 0. The summed E-state index contributed by atoms with van der Waals surface area (Å²) in [6.45, 7) is 9.53. The molecule has 1 saturated carbocycles. The van der Waals surface area contributed by atoms with Crippen LogP contribution in [-0.2, 0) is 9.53 Å². The lowest BCUT2D eigenvalue weighted by Gasteiger charge is -2.35. The maximum absolute atomic E-state index is 11.4. The highest BCUT2D eigenvalue weighted by atomic mass is 16.6. The molecule has 1 aliphatic carbocycles. The van der Waals surface area contributed by atoms with Gasteiger partial charge in [-0.2, -0.15) is 0 Å². The van der Waals surface area contributed by atoms with Crippen LogP contribution in [0.3, 0.4) is 0 Å². The number of ether oxygens (including phenoxy) is 1. The number of hydrogen-bond acceptors (Lipinski definition) is 3. The Balaban J connectivity index is 2.64. The number of esters is 1. The Kier molecular flexibility index (Phi) is 4.54. The molecule has 1 unspecified atom stereocenters. The van der Waals surface area contributed by atoms with Crippen molar-refractivity contribution in [2.75, 3.05) is 0 Å². The Hall–Kier alpha value is -0.830. The second kappa shape index (κ2) is 5.48. The van der Waals surface area contributed by atoms with Crippen LogP contribution in [0.25, 0.3) is 0 Å². The van der Waals surface area contributed by atoms with Gasteiger partial charge in [-0.15, -0.1) is 0 Å². The first-order valence-corrected chi connectivity index (χ1v) is 5.95. The van der Waals surface area contributed by atoms with E-state index in [1.54, 1.807) is 0 Å². The van der Waals surface area contributed by atoms with E-state index in [0.717, 1.165) is 24.8 Å². The molecular weight excluding hydrogens is 204 g/mol. The normalized spacial score (nSPS) is 31.9. The van der Waals surface area contributed by atoms with Crippen molar-refractivity contribution in [3.05, 3.63) is 12.2 Å². The summed E-state index contributed by atoms with van der Waals surface area (Å²) in [5.74, 6) is 0.298. The van der Waals surface area contributed by atoms with Crippen molar-refractivity contribution < 1.29 is 14.6 Å². The van der Waals surface area contributed by atoms with Crippen molar-refractivity contribution >= 4 is 5.97 Å². The van der Waals surface area contributed by atoms with Crippen molar-refractivity contribution in [1.82, 2.24) is 0 Å². The lowest BCUT2D eigenvalue weighted by molar-refractivity contribution is -0.162. The van der Waals surface area contributed by atoms with Gasteiger partial charge in [0, 0.05) is 5.92 Å². The summed E-state index contributed by atoms with van der Waals surface area (Å²) < 4.78 is 5.35. The fraction of sp³-hybridized carbons (Fsp3) is 0.769. The molecule has 0 aromatic heterocycles. The number of carbonyl (C=O) groups excluding carboxylic acids is 1. The van der Waals surface area contributed by atoms with E-state index in [-0.39, 0.29) is 12.0 Å². The SMILES string of the molecule is C=C(C)[C@@H]1CCC(C)C[C@H]1OC(=O)[C@@H](C)O. The maximum Gasteiger partial charge on any atom is 0.334 e. The van der Waals surface area contributed by atoms with E-state index in [2.05, 4.69) is 13.5 Å². The van der Waals surface area contributed by atoms with Crippen molar-refractivity contribution in [1.29, 1.82) is 0 Å². The third kappa shape index (κ3) is 3.34. The van der Waals surface area contributed by atoms with Gasteiger partial charge in [0.2, 0.25) is 0 Å². The Morgan fingerprint density at radius 1 is 1.50 bits per heavy atom. The van der Waals surface area contributed by atoms with E-state index < -0.39 is 12.1 Å². The first-order valence-electron chi connectivity index (χ1n) is 5.95. The number of carbonyl (C=O) groups is 1. The van der Waals surface area contributed by atoms with Gasteiger partial charge in [-0.3, -0.25) is 0 Å². The molecule has 3 nitrogen and oxygen atoms in total. The standard InChI is InChI=1S/C13H22O3/c1-8(2)11-6-5-9(3)7-12(11)16-13(15)10(4)14/h9-12,14H,1,5-7H2,2-4H3/t9?,10-,11+,12-/m1/s1. The van der Waals surface area contributed by atoms with E-state index in [1.807, 2.05) is 6.92 Å². The van der Waals surface area contributed by atoms with Crippen LogP contribution >= 0.6 is 0 Å². The molecule has 0 aliphatic heterocycles. The predicted octanol–water partition coefficient (Wildman–Crippen LogP) is 2.29. The first kappa shape index (κ1) is 13.2. The van der Waals surface area contributed by atoms with Crippen molar-refractivity contribution in [2.45, 2.75) is 52.2 Å². The molecule has 0 spiro atoms. The molecule has 0 heterocycles. The minimum absolute atomic E-state index is 0.108. The molecule has 1 N–H and O–H groups in total. The number of aliphatic hydroxyl groups excluding tert-OH is 1. The molecule has 0 radical (unpaired) electrons. The van der Waals surface area contributed by atoms with Gasteiger partial charge < -0.3 is 9.84 Å². The van der Waals surface area contributed by atoms with Crippen LogP contribution in [0, 0.1) is 11.8 Å². The minimum Gasteiger partial charge on any atom is -0.460 e. The smallest absolute Gasteiger partial charge is 0.334 e. The fourth-order valence-corrected chi connectivity index (χ4v) is 2.27. The Labute approximate surface area is 97.5 Å². The summed E-state index contributed by atoms with van der Waals surface area (Å²) >= 11 is 0. The van der Waals surface area contributed by atoms with Crippen molar-refractivity contribution in [3.63, 3.8) is 0 Å². The zero-order chi connectivity index (χ0) is 12.3. The zero-order valence-electron chi connectivity index (χ0n) is 10.4. The second-order valence-corrected chi connectivity index (χ2v) is 5.02. The van der Waals surface area contributed by atoms with Gasteiger partial charge in [-0.25, -0.2) is 4.79 Å². The molecule has 0 amide bonds. The highest BCUT2D eigenvalue weighted by Gasteiger charge is 2.32. The molecule has 0 aromatic rings. The van der Waals surface area contributed by atoms with Gasteiger partial charge in [0.25, 0.3) is 0 Å². The highest BCUT2D eigenvalue weighted by molar-refractivity contribution is 5.74. The van der Waals surface area contributed by atoms with Crippen LogP contribution in [0.15, 0.2) is 12.2 Å². The fourth-order valence-electron chi connectivity index (χ4n) is 2.27. The van der Waals surface area contributed by atoms with Crippen LogP contribution in [0.4, 0.5) is 0 Å². The first-order chi connectivity index (χ1) is 7.41. The van der Waals surface area contributed by atoms with Gasteiger partial charge in [0.1, 0.15) is 12.2 Å². The second-order valence-electron chi connectivity index (χ2n) is 5.02. The van der Waals surface area contributed by atoms with Crippen LogP contribution in [0.2, 0.25) is 0 Å². The Morgan fingerprint density at radius 3 is 2.62 bits per heavy atom. The predicted molar refractivity (Wildman–Crippen MR) is 62.9 cm³/mol. The monoisotopic (exact) mass is 226 g/mol. The summed E-state index contributed by atoms with van der Waals surface area (Å²) in [4.78, 5) is 11.4. The van der Waals surface area contributed by atoms with E-state index in [9.17, 15) is 4.79 Å². The number of rotatable bonds is 3. The average molecular weight is 226 g/mol. The quantitative estimate of drug-likeness (QED) is 0.593. The summed E-state index contributed by atoms with van der Waals surface area (Å²) in [7, 11) is 0. The zero-order valence-corrected chi connectivity index (χ0v) is 10.4. The third-order valence-corrected chi connectivity index (χ3v) is 3.30. The lowest BCUT2D eigenvalue weighted by Crippen LogP contribution is -2.36. The van der Waals surface area contributed by atoms with Gasteiger partial charge in [0.15, 0.2) is 0 Å². The molecule has 1 rings (SSSR count). The summed E-state index contributed by atoms with van der Waals surface area (Å²) in [5.41, 5.74) is 1.07. The van der Waals surface area contributed by atoms with Crippen molar-refractivity contribution in [3.8, 4) is 0 Å². The molecule has 0 bridgehead atoms. The highest BCUT2D eigenvalue weighted by Crippen LogP contribution is 2.34. The van der Waals surface area contributed by atoms with Crippen LogP contribution in [0.1, 0.15) is 40.0 Å². The van der Waals surface area contributed by atoms with E-state index in [4.69, 9.17) is 9.84 Å². The van der Waals surface area contributed by atoms with Crippen LogP contribution in [-0.4, -0.2) is 23.3 Å². The lowest BCUT2D eigenvalue weighted by atomic mass is 9.77. The van der Waals surface area contributed by atoms with Gasteiger partial charge in [-0.05, 0) is 39.0 Å². The molecule has 1 fully saturated rings. The molecule has 4 atom stereocenters. The summed E-state index contributed by atoms with van der Waals surface area (Å²) in [5, 5.41) is 9.15. The maximum atomic E-state index is 11.4. The third-order valence-electron chi connectivity index (χ3n) is 3.30. The molecule has 16 heavy (non-hydrogen) atoms. The van der Waals surface area contributed by atoms with Crippen LogP contribution < -0.4 is 0 Å². The van der Waals surface area contributed by atoms with Gasteiger partial charge >= 0.3 is 5.97 Å². The number of hydrogen-bond donors (Lipinski definition) is 1. The van der Waals surface area contributed by atoms with Gasteiger partial charge in [0.05, 0.1) is 0 Å². The number of aliphatic hydroxyl groups is 1. The van der Waals surface area contributed by atoms with E-state index in [1.165, 1.54) is 6.92 Å². The Bertz CT molecular complexity index is 270. The average Bonchev–Trinajstić information content (AvgIpc) is 2.16. The molecule has 3 heteroatoms. The van der Waals surface area contributed by atoms with Gasteiger partial charge in [-0.1, -0.05) is 19.1 Å². The molecule has 0 saturated heterocycles. The minimum atomic E-state index is -1.04. The Morgan fingerprint density at radius 2 is 2.12 bits per heavy atom. The molecule has 92 valence electrons. The largest absolute Gasteiger partial charge is 0.460 e. The summed E-state index contributed by atoms with van der Waals surface area (Å²) in [6.07, 6.45) is 1.90. The topological polar surface area (TPSA) is 46.5 Å².